The first-order valence-electron chi connectivity index (χ1n) is 9.84. The molecule has 6 nitrogen and oxygen atoms in total. The van der Waals surface area contributed by atoms with E-state index in [1.54, 1.807) is 24.4 Å². The van der Waals surface area contributed by atoms with Crippen LogP contribution in [0.2, 0.25) is 0 Å². The molecule has 0 bridgehead atoms. The van der Waals surface area contributed by atoms with Gasteiger partial charge in [-0.3, -0.25) is 0 Å². The van der Waals surface area contributed by atoms with E-state index in [4.69, 9.17) is 4.74 Å². The number of imidazole rings is 1. The predicted molar refractivity (Wildman–Crippen MR) is 107 cm³/mol. The Kier molecular flexibility index (Phi) is 6.27. The number of hydrogen-bond acceptors (Lipinski definition) is 5. The molecule has 1 aliphatic heterocycles. The molecule has 0 atom stereocenters. The van der Waals surface area contributed by atoms with Crippen LogP contribution in [-0.4, -0.2) is 45.7 Å². The van der Waals surface area contributed by atoms with Gasteiger partial charge in [0, 0.05) is 31.5 Å². The van der Waals surface area contributed by atoms with E-state index >= 15 is 0 Å². The van der Waals surface area contributed by atoms with Crippen molar-refractivity contribution in [2.75, 3.05) is 25.1 Å². The van der Waals surface area contributed by atoms with Gasteiger partial charge >= 0.3 is 0 Å². The minimum atomic E-state index is -2.55. The molecule has 1 saturated heterocycles. The SMILES string of the molecule is Fc1ccc(-c2ncn(CC(F)F)c2-c2ccnc(NCC3CCOCC3)n2)cc1. The number of nitrogens with zero attached hydrogens (tertiary/aromatic N) is 4. The topological polar surface area (TPSA) is 64.9 Å². The Morgan fingerprint density at radius 1 is 1.10 bits per heavy atom. The molecule has 0 amide bonds. The molecule has 4 rings (SSSR count). The Bertz CT molecular complexity index is 971. The molecule has 0 spiro atoms. The van der Waals surface area contributed by atoms with Crippen LogP contribution in [0.1, 0.15) is 12.8 Å². The minimum Gasteiger partial charge on any atom is -0.381 e. The van der Waals surface area contributed by atoms with Gasteiger partial charge in [-0.25, -0.2) is 28.1 Å². The monoisotopic (exact) mass is 417 g/mol. The Morgan fingerprint density at radius 2 is 1.87 bits per heavy atom. The van der Waals surface area contributed by atoms with Crippen LogP contribution in [0.3, 0.4) is 0 Å². The molecule has 0 radical (unpaired) electrons. The van der Waals surface area contributed by atoms with Crippen molar-refractivity contribution in [3.8, 4) is 22.6 Å². The molecule has 2 aromatic heterocycles. The number of nitrogens with one attached hydrogen (secondary N) is 1. The van der Waals surface area contributed by atoms with Gasteiger partial charge in [0.1, 0.15) is 5.82 Å². The van der Waals surface area contributed by atoms with Gasteiger partial charge < -0.3 is 14.6 Å². The van der Waals surface area contributed by atoms with Crippen LogP contribution in [0.4, 0.5) is 19.1 Å². The van der Waals surface area contributed by atoms with Gasteiger partial charge in [0.15, 0.2) is 0 Å². The number of alkyl halides is 2. The van der Waals surface area contributed by atoms with Crippen molar-refractivity contribution in [3.63, 3.8) is 0 Å². The molecule has 1 aliphatic rings. The number of halogens is 3. The molecule has 0 unspecified atom stereocenters. The maximum Gasteiger partial charge on any atom is 0.256 e. The van der Waals surface area contributed by atoms with Gasteiger partial charge in [-0.2, -0.15) is 0 Å². The predicted octanol–water partition coefficient (Wildman–Crippen LogP) is 4.25. The molecule has 30 heavy (non-hydrogen) atoms. The Hall–Kier alpha value is -2.94. The zero-order chi connectivity index (χ0) is 20.9. The highest BCUT2D eigenvalue weighted by Crippen LogP contribution is 2.31. The third-order valence-electron chi connectivity index (χ3n) is 5.08. The van der Waals surface area contributed by atoms with Crippen LogP contribution >= 0.6 is 0 Å². The van der Waals surface area contributed by atoms with E-state index in [2.05, 4.69) is 20.3 Å². The molecular weight excluding hydrogens is 395 g/mol. The van der Waals surface area contributed by atoms with E-state index in [1.165, 1.54) is 23.0 Å². The molecule has 1 N–H and O–H groups in total. The average molecular weight is 417 g/mol. The number of ether oxygens (including phenoxy) is 1. The van der Waals surface area contributed by atoms with E-state index < -0.39 is 13.0 Å². The number of anilines is 1. The lowest BCUT2D eigenvalue weighted by atomic mass is 10.0. The van der Waals surface area contributed by atoms with Crippen molar-refractivity contribution in [2.24, 2.45) is 5.92 Å². The fraction of sp³-hybridized carbons (Fsp3) is 0.381. The van der Waals surface area contributed by atoms with E-state index in [-0.39, 0.29) is 5.82 Å². The second-order valence-corrected chi connectivity index (χ2v) is 7.19. The highest BCUT2D eigenvalue weighted by atomic mass is 19.3. The van der Waals surface area contributed by atoms with Crippen LogP contribution < -0.4 is 5.32 Å². The highest BCUT2D eigenvalue weighted by Gasteiger charge is 2.20. The summed E-state index contributed by atoms with van der Waals surface area (Å²) in [6.45, 7) is 1.70. The van der Waals surface area contributed by atoms with Gasteiger partial charge in [-0.05, 0) is 49.1 Å². The smallest absolute Gasteiger partial charge is 0.256 e. The summed E-state index contributed by atoms with van der Waals surface area (Å²) in [7, 11) is 0. The summed E-state index contributed by atoms with van der Waals surface area (Å²) in [5.74, 6) is 0.521. The fourth-order valence-electron chi connectivity index (χ4n) is 3.52. The standard InChI is InChI=1S/C21H22F3N5O/c22-16-3-1-15(2-4-16)19-20(29(13-27-19)12-18(23)24)17-5-8-25-21(28-17)26-11-14-6-9-30-10-7-14/h1-5,8,13-14,18H,6-7,9-12H2,(H,25,26,28). The van der Waals surface area contributed by atoms with Crippen LogP contribution in [0.5, 0.6) is 0 Å². The van der Waals surface area contributed by atoms with Crippen molar-refractivity contribution in [3.05, 3.63) is 48.7 Å². The maximum atomic E-state index is 13.3. The number of benzene rings is 1. The van der Waals surface area contributed by atoms with Crippen molar-refractivity contribution >= 4 is 5.95 Å². The van der Waals surface area contributed by atoms with E-state index in [1.807, 2.05) is 0 Å². The average Bonchev–Trinajstić information content (AvgIpc) is 3.16. The maximum absolute atomic E-state index is 13.3. The van der Waals surface area contributed by atoms with Crippen molar-refractivity contribution in [1.29, 1.82) is 0 Å². The molecule has 0 aliphatic carbocycles. The lowest BCUT2D eigenvalue weighted by Crippen LogP contribution is -2.23. The Morgan fingerprint density at radius 3 is 2.60 bits per heavy atom. The third-order valence-corrected chi connectivity index (χ3v) is 5.08. The summed E-state index contributed by atoms with van der Waals surface area (Å²) in [4.78, 5) is 13.1. The summed E-state index contributed by atoms with van der Waals surface area (Å²) in [5, 5.41) is 3.24. The fourth-order valence-corrected chi connectivity index (χ4v) is 3.52. The number of aromatic nitrogens is 4. The third kappa shape index (κ3) is 4.79. The van der Waals surface area contributed by atoms with Crippen LogP contribution in [-0.2, 0) is 11.3 Å². The van der Waals surface area contributed by atoms with E-state index in [0.717, 1.165) is 26.1 Å². The number of hydrogen-bond donors (Lipinski definition) is 1. The summed E-state index contributed by atoms with van der Waals surface area (Å²) >= 11 is 0. The summed E-state index contributed by atoms with van der Waals surface area (Å²) in [5.41, 5.74) is 2.00. The van der Waals surface area contributed by atoms with Gasteiger partial charge in [0.05, 0.1) is 30.0 Å². The zero-order valence-corrected chi connectivity index (χ0v) is 16.3. The first kappa shape index (κ1) is 20.3. The van der Waals surface area contributed by atoms with E-state index in [9.17, 15) is 13.2 Å². The molecule has 3 aromatic rings. The van der Waals surface area contributed by atoms with Crippen molar-refractivity contribution < 1.29 is 17.9 Å². The van der Waals surface area contributed by atoms with Gasteiger partial charge in [0.2, 0.25) is 5.95 Å². The molecule has 0 saturated carbocycles. The first-order chi connectivity index (χ1) is 14.6. The normalized spacial score (nSPS) is 14.9. The van der Waals surface area contributed by atoms with Crippen LogP contribution in [0, 0.1) is 11.7 Å². The summed E-state index contributed by atoms with van der Waals surface area (Å²) in [6, 6.07) is 7.42. The molecule has 3 heterocycles. The zero-order valence-electron chi connectivity index (χ0n) is 16.3. The molecule has 158 valence electrons. The highest BCUT2D eigenvalue weighted by molar-refractivity contribution is 5.77. The molecular formula is C21H22F3N5O. The van der Waals surface area contributed by atoms with Gasteiger partial charge in [0.25, 0.3) is 6.43 Å². The van der Waals surface area contributed by atoms with Gasteiger partial charge in [-0.1, -0.05) is 0 Å². The Labute approximate surface area is 172 Å². The second-order valence-electron chi connectivity index (χ2n) is 7.19. The first-order valence-corrected chi connectivity index (χ1v) is 9.84. The Balaban J connectivity index is 1.64. The minimum absolute atomic E-state index is 0.381. The van der Waals surface area contributed by atoms with Crippen LogP contribution in [0.15, 0.2) is 42.9 Å². The summed E-state index contributed by atoms with van der Waals surface area (Å²) < 4.78 is 46.3. The molecule has 1 aromatic carbocycles. The lowest BCUT2D eigenvalue weighted by molar-refractivity contribution is 0.0699. The largest absolute Gasteiger partial charge is 0.381 e. The summed E-state index contributed by atoms with van der Waals surface area (Å²) in [6.07, 6.45) is 2.35. The molecule has 1 fully saturated rings. The van der Waals surface area contributed by atoms with Gasteiger partial charge in [-0.15, -0.1) is 0 Å². The van der Waals surface area contributed by atoms with Crippen molar-refractivity contribution in [2.45, 2.75) is 25.8 Å². The second kappa shape index (κ2) is 9.25. The quantitative estimate of drug-likeness (QED) is 0.623. The number of rotatable bonds is 7. The van der Waals surface area contributed by atoms with E-state index in [0.29, 0.717) is 41.1 Å². The lowest BCUT2D eigenvalue weighted by Gasteiger charge is -2.22. The molecule has 9 heteroatoms. The van der Waals surface area contributed by atoms with Crippen LogP contribution in [0.25, 0.3) is 22.6 Å². The van der Waals surface area contributed by atoms with Crippen molar-refractivity contribution in [1.82, 2.24) is 19.5 Å².